The predicted molar refractivity (Wildman–Crippen MR) is 163 cm³/mol. The summed E-state index contributed by atoms with van der Waals surface area (Å²) in [4.78, 5) is 0. The fourth-order valence-electron chi connectivity index (χ4n) is 7.21. The Bertz CT molecular complexity index is 2410. The second-order valence-electron chi connectivity index (χ2n) is 11.4. The molecule has 0 saturated carbocycles. The number of fused-ring (bicyclic) bond motifs is 12. The van der Waals surface area contributed by atoms with Gasteiger partial charge in [-0.2, -0.15) is 0 Å². The minimum absolute atomic E-state index is 0.987. The number of furan rings is 2. The van der Waals surface area contributed by atoms with Gasteiger partial charge in [0.2, 0.25) is 0 Å². The first kappa shape index (κ1) is 20.5. The van der Waals surface area contributed by atoms with Crippen LogP contribution < -0.4 is 8.79 Å². The first-order chi connectivity index (χ1) is 19.1. The average molecular weight is 563 g/mol. The Morgan fingerprint density at radius 1 is 0.487 bits per heavy atom. The van der Waals surface area contributed by atoms with Gasteiger partial charge in [0.25, 0.3) is 0 Å². The third-order valence-corrected chi connectivity index (χ3v) is 16.6. The molecule has 0 bridgehead atoms. The Balaban J connectivity index is 1.20. The number of rotatable bonds is 2. The van der Waals surface area contributed by atoms with Crippen LogP contribution in [0.25, 0.3) is 76.6 Å². The van der Waals surface area contributed by atoms with E-state index in [1.807, 2.05) is 12.5 Å². The molecule has 0 aliphatic heterocycles. The van der Waals surface area contributed by atoms with E-state index in [1.54, 1.807) is 0 Å². The summed E-state index contributed by atoms with van der Waals surface area (Å²) in [6.45, 7) is 0. The monoisotopic (exact) mass is 564 g/mol. The molecule has 0 N–H and O–H groups in total. The molecule has 5 heteroatoms. The van der Waals surface area contributed by atoms with E-state index in [1.165, 1.54) is 74.2 Å². The molecule has 0 amide bonds. The zero-order valence-electron chi connectivity index (χ0n) is 21.4. The molecule has 10 aromatic rings. The van der Waals surface area contributed by atoms with Gasteiger partial charge < -0.3 is 0 Å². The van der Waals surface area contributed by atoms with Crippen LogP contribution in [0, 0.1) is 0 Å². The minimum atomic E-state index is -2.66. The standard InChI is InChI=1S/C34H22GeN2O2/c1-35(2,19-11-13-29-23(15-19)25-17-38-33-21-7-3-5-9-27(21)36(29)31(25)33)20-12-14-30-24(16-20)26-18-39-34-22-8-4-6-10-28(22)37(30)32(26)34/h3-18H,1-2H3. The van der Waals surface area contributed by atoms with Gasteiger partial charge >= 0.3 is 225 Å². The summed E-state index contributed by atoms with van der Waals surface area (Å²) in [5.74, 6) is 5.02. The van der Waals surface area contributed by atoms with Crippen LogP contribution in [0.5, 0.6) is 0 Å². The average Bonchev–Trinajstić information content (AvgIpc) is 3.77. The Hall–Kier alpha value is -4.42. The Morgan fingerprint density at radius 2 is 0.923 bits per heavy atom. The van der Waals surface area contributed by atoms with Gasteiger partial charge in [0.1, 0.15) is 0 Å². The normalized spacial score (nSPS) is 13.4. The van der Waals surface area contributed by atoms with Crippen molar-refractivity contribution < 1.29 is 8.83 Å². The van der Waals surface area contributed by atoms with Crippen LogP contribution in [0.15, 0.2) is 106 Å². The van der Waals surface area contributed by atoms with E-state index in [0.717, 1.165) is 11.2 Å². The van der Waals surface area contributed by atoms with Crippen molar-refractivity contribution in [1.82, 2.24) is 8.80 Å². The summed E-state index contributed by atoms with van der Waals surface area (Å²) < 4.78 is 19.9. The van der Waals surface area contributed by atoms with Gasteiger partial charge in [-0.25, -0.2) is 0 Å². The molecule has 0 atom stereocenters. The van der Waals surface area contributed by atoms with E-state index in [2.05, 4.69) is 105 Å². The molecule has 184 valence electrons. The van der Waals surface area contributed by atoms with Gasteiger partial charge in [0.15, 0.2) is 0 Å². The molecule has 4 nitrogen and oxygen atoms in total. The van der Waals surface area contributed by atoms with Crippen molar-refractivity contribution in [2.24, 2.45) is 0 Å². The molecule has 39 heavy (non-hydrogen) atoms. The molecule has 0 aliphatic carbocycles. The second-order valence-corrected chi connectivity index (χ2v) is 20.7. The van der Waals surface area contributed by atoms with Crippen molar-refractivity contribution in [2.45, 2.75) is 11.5 Å². The third kappa shape index (κ3) is 2.27. The molecule has 0 spiro atoms. The second kappa shape index (κ2) is 6.58. The quantitative estimate of drug-likeness (QED) is 0.200. The molecule has 0 saturated heterocycles. The number of para-hydroxylation sites is 2. The van der Waals surface area contributed by atoms with Crippen LogP contribution in [0.1, 0.15) is 0 Å². The zero-order valence-corrected chi connectivity index (χ0v) is 23.5. The summed E-state index contributed by atoms with van der Waals surface area (Å²) in [6, 6.07) is 31.4. The van der Waals surface area contributed by atoms with Gasteiger partial charge in [-0.1, -0.05) is 0 Å². The summed E-state index contributed by atoms with van der Waals surface area (Å²) >= 11 is -2.66. The van der Waals surface area contributed by atoms with Crippen molar-refractivity contribution in [3.05, 3.63) is 97.5 Å². The summed E-state index contributed by atoms with van der Waals surface area (Å²) in [5.41, 5.74) is 9.30. The summed E-state index contributed by atoms with van der Waals surface area (Å²) in [6.07, 6.45) is 3.89. The zero-order chi connectivity index (χ0) is 25.6. The van der Waals surface area contributed by atoms with E-state index in [-0.39, 0.29) is 0 Å². The Kier molecular flexibility index (Phi) is 3.47. The van der Waals surface area contributed by atoms with Crippen LogP contribution in [0.4, 0.5) is 0 Å². The maximum absolute atomic E-state index is 6.11. The Labute approximate surface area is 224 Å². The van der Waals surface area contributed by atoms with E-state index >= 15 is 0 Å². The van der Waals surface area contributed by atoms with Crippen molar-refractivity contribution in [3.8, 4) is 0 Å². The van der Waals surface area contributed by atoms with Crippen LogP contribution in [-0.4, -0.2) is 22.1 Å². The third-order valence-electron chi connectivity index (χ3n) is 9.25. The summed E-state index contributed by atoms with van der Waals surface area (Å²) in [7, 11) is 0. The molecule has 6 aromatic heterocycles. The van der Waals surface area contributed by atoms with Crippen molar-refractivity contribution >= 4 is 98.6 Å². The molecule has 6 heterocycles. The number of hydrogen-bond acceptors (Lipinski definition) is 2. The Morgan fingerprint density at radius 3 is 1.41 bits per heavy atom. The van der Waals surface area contributed by atoms with Gasteiger partial charge in [0, 0.05) is 0 Å². The van der Waals surface area contributed by atoms with E-state index in [4.69, 9.17) is 8.83 Å². The maximum atomic E-state index is 6.11. The number of aromatic nitrogens is 2. The predicted octanol–water partition coefficient (Wildman–Crippen LogP) is 8.00. The molecule has 0 fully saturated rings. The van der Waals surface area contributed by atoms with Gasteiger partial charge in [-0.15, -0.1) is 0 Å². The van der Waals surface area contributed by atoms with Gasteiger partial charge in [-0.3, -0.25) is 0 Å². The molecule has 4 aromatic carbocycles. The van der Waals surface area contributed by atoms with Crippen LogP contribution >= 0.6 is 0 Å². The van der Waals surface area contributed by atoms with E-state index in [9.17, 15) is 0 Å². The fourth-order valence-corrected chi connectivity index (χ4v) is 12.1. The van der Waals surface area contributed by atoms with Gasteiger partial charge in [-0.05, 0) is 0 Å². The topological polar surface area (TPSA) is 35.1 Å². The van der Waals surface area contributed by atoms with Crippen LogP contribution in [-0.2, 0) is 0 Å². The molecule has 10 rings (SSSR count). The van der Waals surface area contributed by atoms with Gasteiger partial charge in [0.05, 0.1) is 0 Å². The molecule has 0 unspecified atom stereocenters. The first-order valence-electron chi connectivity index (χ1n) is 13.4. The first-order valence-corrected chi connectivity index (χ1v) is 19.7. The SMILES string of the molecule is [CH3][Ge]([CH3])([c]1ccc2c(c1)c1coc3c4ccccc4n2c13)[c]1ccc2c(c1)c1coc3c4ccccc4n2c13. The van der Waals surface area contributed by atoms with Crippen LogP contribution in [0.3, 0.4) is 0 Å². The van der Waals surface area contributed by atoms with Crippen molar-refractivity contribution in [1.29, 1.82) is 0 Å². The number of nitrogens with zero attached hydrogens (tertiary/aromatic N) is 2. The molecule has 0 radical (unpaired) electrons. The van der Waals surface area contributed by atoms with E-state index < -0.39 is 13.3 Å². The fraction of sp³-hybridized carbons (Fsp3) is 0.0588. The molecule has 0 aliphatic rings. The van der Waals surface area contributed by atoms with Crippen molar-refractivity contribution in [3.63, 3.8) is 0 Å². The summed E-state index contributed by atoms with van der Waals surface area (Å²) in [5, 5.41) is 7.33. The molecular weight excluding hydrogens is 541 g/mol. The van der Waals surface area contributed by atoms with Crippen molar-refractivity contribution in [2.75, 3.05) is 0 Å². The van der Waals surface area contributed by atoms with Crippen LogP contribution in [0.2, 0.25) is 11.5 Å². The number of benzene rings is 4. The number of hydrogen-bond donors (Lipinski definition) is 0. The molecular formula is C34H22GeN2O2. The van der Waals surface area contributed by atoms with E-state index in [0.29, 0.717) is 0 Å².